The second kappa shape index (κ2) is 10.7. The molecule has 0 saturated carbocycles. The van der Waals surface area contributed by atoms with Gasteiger partial charge in [0.15, 0.2) is 5.96 Å². The fraction of sp³-hybridized carbons (Fsp3) is 0.421. The molecule has 1 aromatic carbocycles. The number of guanidine groups is 1. The van der Waals surface area contributed by atoms with Gasteiger partial charge in [0.05, 0.1) is 13.7 Å². The van der Waals surface area contributed by atoms with Crippen molar-refractivity contribution in [2.24, 2.45) is 4.99 Å². The lowest BCUT2D eigenvalue weighted by atomic mass is 9.91. The van der Waals surface area contributed by atoms with Gasteiger partial charge in [0.1, 0.15) is 5.75 Å². The minimum atomic E-state index is 0. The number of nitrogens with one attached hydrogen (secondary N) is 2. The molecule has 0 aliphatic heterocycles. The van der Waals surface area contributed by atoms with E-state index in [0.29, 0.717) is 6.54 Å². The molecular weight excluding hydrogens is 445 g/mol. The lowest BCUT2D eigenvalue weighted by molar-refractivity contribution is 0.410. The predicted molar refractivity (Wildman–Crippen MR) is 119 cm³/mol. The van der Waals surface area contributed by atoms with E-state index in [1.54, 1.807) is 18.4 Å². The Morgan fingerprint density at radius 2 is 1.92 bits per heavy atom. The smallest absolute Gasteiger partial charge is 0.191 e. The van der Waals surface area contributed by atoms with Crippen LogP contribution in [0.2, 0.25) is 0 Å². The number of hydrogen-bond donors (Lipinski definition) is 2. The first-order chi connectivity index (χ1) is 11.6. The molecule has 2 aromatic rings. The van der Waals surface area contributed by atoms with Crippen molar-refractivity contribution in [1.82, 2.24) is 10.6 Å². The van der Waals surface area contributed by atoms with Gasteiger partial charge in [-0.1, -0.05) is 38.1 Å². The van der Waals surface area contributed by atoms with E-state index in [9.17, 15) is 0 Å². The van der Waals surface area contributed by atoms with E-state index in [1.165, 1.54) is 4.88 Å². The SMILES string of the molecule is CCNC(=NCc1ccccc1OC)NCC(C)(C)c1cccs1.I. The maximum Gasteiger partial charge on any atom is 0.191 e. The average Bonchev–Trinajstić information content (AvgIpc) is 3.13. The molecule has 0 spiro atoms. The number of rotatable bonds is 7. The number of thiophene rings is 1. The van der Waals surface area contributed by atoms with Crippen molar-refractivity contribution >= 4 is 41.3 Å². The third-order valence-electron chi connectivity index (χ3n) is 3.83. The average molecular weight is 473 g/mol. The third-order valence-corrected chi connectivity index (χ3v) is 5.07. The first kappa shape index (κ1) is 21.8. The Morgan fingerprint density at radius 3 is 2.56 bits per heavy atom. The predicted octanol–water partition coefficient (Wildman–Crippen LogP) is 4.41. The fourth-order valence-electron chi connectivity index (χ4n) is 2.40. The maximum atomic E-state index is 5.39. The van der Waals surface area contributed by atoms with Crippen LogP contribution in [-0.4, -0.2) is 26.2 Å². The molecule has 0 unspecified atom stereocenters. The molecule has 1 heterocycles. The van der Waals surface area contributed by atoms with Gasteiger partial charge in [-0.3, -0.25) is 0 Å². The summed E-state index contributed by atoms with van der Waals surface area (Å²) in [5.74, 6) is 1.70. The Bertz CT molecular complexity index is 656. The molecule has 0 amide bonds. The molecular formula is C19H28IN3OS. The molecule has 0 saturated heterocycles. The first-order valence-corrected chi connectivity index (χ1v) is 9.13. The Kier molecular flexibility index (Phi) is 9.27. The number of nitrogens with zero attached hydrogens (tertiary/aromatic N) is 1. The summed E-state index contributed by atoms with van der Waals surface area (Å²) in [5.41, 5.74) is 1.14. The number of hydrogen-bond acceptors (Lipinski definition) is 3. The fourth-order valence-corrected chi connectivity index (χ4v) is 3.25. The van der Waals surface area contributed by atoms with Gasteiger partial charge in [-0.25, -0.2) is 4.99 Å². The molecule has 0 atom stereocenters. The van der Waals surface area contributed by atoms with E-state index < -0.39 is 0 Å². The van der Waals surface area contributed by atoms with Crippen LogP contribution in [0.25, 0.3) is 0 Å². The Labute approximate surface area is 172 Å². The Balaban J connectivity index is 0.00000312. The van der Waals surface area contributed by atoms with Gasteiger partial charge < -0.3 is 15.4 Å². The van der Waals surface area contributed by atoms with Crippen molar-refractivity contribution in [2.75, 3.05) is 20.2 Å². The molecule has 0 bridgehead atoms. The highest BCUT2D eigenvalue weighted by atomic mass is 127. The highest BCUT2D eigenvalue weighted by molar-refractivity contribution is 14.0. The Hall–Kier alpha value is -1.28. The quantitative estimate of drug-likeness (QED) is 0.356. The standard InChI is InChI=1S/C19H27N3OS.HI/c1-5-20-18(21-13-15-9-6-7-10-16(15)23-4)22-14-19(2,3)17-11-8-12-24-17;/h6-12H,5,13-14H2,1-4H3,(H2,20,21,22);1H. The summed E-state index contributed by atoms with van der Waals surface area (Å²) < 4.78 is 5.39. The first-order valence-electron chi connectivity index (χ1n) is 8.25. The topological polar surface area (TPSA) is 45.7 Å². The van der Waals surface area contributed by atoms with Crippen LogP contribution in [0.15, 0.2) is 46.8 Å². The van der Waals surface area contributed by atoms with Crippen LogP contribution in [0.4, 0.5) is 0 Å². The van der Waals surface area contributed by atoms with Crippen molar-refractivity contribution < 1.29 is 4.74 Å². The molecule has 0 radical (unpaired) electrons. The van der Waals surface area contributed by atoms with Crippen molar-refractivity contribution in [2.45, 2.75) is 32.7 Å². The zero-order chi connectivity index (χ0) is 17.4. The van der Waals surface area contributed by atoms with Crippen molar-refractivity contribution in [3.63, 3.8) is 0 Å². The van der Waals surface area contributed by atoms with E-state index in [1.807, 2.05) is 24.3 Å². The van der Waals surface area contributed by atoms with E-state index >= 15 is 0 Å². The zero-order valence-electron chi connectivity index (χ0n) is 15.3. The largest absolute Gasteiger partial charge is 0.496 e. The minimum absolute atomic E-state index is 0. The summed E-state index contributed by atoms with van der Waals surface area (Å²) in [5, 5.41) is 8.89. The van der Waals surface area contributed by atoms with Crippen LogP contribution in [0, 0.1) is 0 Å². The lowest BCUT2D eigenvalue weighted by Gasteiger charge is -2.25. The summed E-state index contributed by atoms with van der Waals surface area (Å²) in [7, 11) is 1.69. The summed E-state index contributed by atoms with van der Waals surface area (Å²) in [4.78, 5) is 6.07. The van der Waals surface area contributed by atoms with Gasteiger partial charge in [0.25, 0.3) is 0 Å². The van der Waals surface area contributed by atoms with Gasteiger partial charge >= 0.3 is 0 Å². The minimum Gasteiger partial charge on any atom is -0.496 e. The van der Waals surface area contributed by atoms with Gasteiger partial charge in [-0.05, 0) is 24.4 Å². The molecule has 0 aliphatic carbocycles. The number of para-hydroxylation sites is 1. The van der Waals surface area contributed by atoms with E-state index in [4.69, 9.17) is 9.73 Å². The molecule has 0 aliphatic rings. The van der Waals surface area contributed by atoms with Crippen LogP contribution < -0.4 is 15.4 Å². The van der Waals surface area contributed by atoms with Crippen molar-refractivity contribution in [1.29, 1.82) is 0 Å². The van der Waals surface area contributed by atoms with Crippen molar-refractivity contribution in [3.8, 4) is 5.75 Å². The lowest BCUT2D eigenvalue weighted by Crippen LogP contribution is -2.43. The molecule has 25 heavy (non-hydrogen) atoms. The van der Waals surface area contributed by atoms with Crippen molar-refractivity contribution in [3.05, 3.63) is 52.2 Å². The van der Waals surface area contributed by atoms with Crippen LogP contribution in [0.3, 0.4) is 0 Å². The van der Waals surface area contributed by atoms with Crippen LogP contribution in [0.5, 0.6) is 5.75 Å². The summed E-state index contributed by atoms with van der Waals surface area (Å²) >= 11 is 1.79. The third kappa shape index (κ3) is 6.51. The van der Waals surface area contributed by atoms with E-state index in [0.717, 1.165) is 30.4 Å². The summed E-state index contributed by atoms with van der Waals surface area (Å²) in [6, 6.07) is 12.3. The molecule has 1 aromatic heterocycles. The zero-order valence-corrected chi connectivity index (χ0v) is 18.5. The molecule has 138 valence electrons. The van der Waals surface area contributed by atoms with Crippen LogP contribution >= 0.6 is 35.3 Å². The van der Waals surface area contributed by atoms with Crippen LogP contribution in [-0.2, 0) is 12.0 Å². The summed E-state index contributed by atoms with van der Waals surface area (Å²) in [6.07, 6.45) is 0. The number of halogens is 1. The molecule has 2 rings (SSSR count). The number of aliphatic imine (C=N–C) groups is 1. The molecule has 2 N–H and O–H groups in total. The molecule has 0 fully saturated rings. The monoisotopic (exact) mass is 473 g/mol. The number of ether oxygens (including phenoxy) is 1. The highest BCUT2D eigenvalue weighted by Crippen LogP contribution is 2.26. The highest BCUT2D eigenvalue weighted by Gasteiger charge is 2.21. The molecule has 6 heteroatoms. The molecule has 4 nitrogen and oxygen atoms in total. The maximum absolute atomic E-state index is 5.39. The summed E-state index contributed by atoms with van der Waals surface area (Å²) in [6.45, 7) is 8.80. The van der Waals surface area contributed by atoms with Gasteiger partial charge in [-0.2, -0.15) is 0 Å². The Morgan fingerprint density at radius 1 is 1.16 bits per heavy atom. The van der Waals surface area contributed by atoms with Gasteiger partial charge in [0.2, 0.25) is 0 Å². The second-order valence-corrected chi connectivity index (χ2v) is 7.17. The van der Waals surface area contributed by atoms with Gasteiger partial charge in [-0.15, -0.1) is 35.3 Å². The van der Waals surface area contributed by atoms with Crippen LogP contribution in [0.1, 0.15) is 31.2 Å². The van der Waals surface area contributed by atoms with Gasteiger partial charge in [0, 0.05) is 28.9 Å². The van der Waals surface area contributed by atoms with E-state index in [2.05, 4.69) is 48.9 Å². The number of benzene rings is 1. The second-order valence-electron chi connectivity index (χ2n) is 6.22. The number of methoxy groups -OCH3 is 1. The normalized spacial score (nSPS) is 11.6. The van der Waals surface area contributed by atoms with E-state index in [-0.39, 0.29) is 29.4 Å².